The lowest BCUT2D eigenvalue weighted by Gasteiger charge is -2.40. The number of benzene rings is 2. The summed E-state index contributed by atoms with van der Waals surface area (Å²) in [5.41, 5.74) is 9.15. The number of carbonyl (C=O) groups is 1. The summed E-state index contributed by atoms with van der Waals surface area (Å²) in [6.45, 7) is 16.2. The second kappa shape index (κ2) is 14.5. The number of allylic oxidation sites excluding steroid dienone is 2. The van der Waals surface area contributed by atoms with Crippen molar-refractivity contribution in [3.63, 3.8) is 0 Å². The standard InChI is InChI=1S/C28H34N4O4S.C3H8/c1-19(29)28(27(33)21-3-8-25-26(17-21)36-18-35-25)37-20(2)30-22-4-6-23(7-5-22)31-11-9-24(10-12-31)32-13-15-34-16-14-32;1-3-2/h3-8,17,24,30H,2,9-16,18,29H2,1H3;3H2,1-2H3/b28-19+;. The van der Waals surface area contributed by atoms with Crippen LogP contribution in [0.3, 0.4) is 0 Å². The summed E-state index contributed by atoms with van der Waals surface area (Å²) in [7, 11) is 0. The van der Waals surface area contributed by atoms with Crippen molar-refractivity contribution in [1.29, 1.82) is 0 Å². The second-order valence-electron chi connectivity index (χ2n) is 10.2. The van der Waals surface area contributed by atoms with Crippen molar-refractivity contribution in [3.05, 3.63) is 70.2 Å². The number of ketones is 1. The van der Waals surface area contributed by atoms with E-state index >= 15 is 0 Å². The Hall–Kier alpha value is -3.14. The van der Waals surface area contributed by atoms with E-state index < -0.39 is 0 Å². The predicted molar refractivity (Wildman–Crippen MR) is 164 cm³/mol. The summed E-state index contributed by atoms with van der Waals surface area (Å²) in [6, 6.07) is 14.2. The summed E-state index contributed by atoms with van der Waals surface area (Å²) in [4.78, 5) is 18.6. The molecule has 0 unspecified atom stereocenters. The van der Waals surface area contributed by atoms with Crippen LogP contribution in [0, 0.1) is 0 Å². The molecule has 3 aliphatic rings. The lowest BCUT2D eigenvalue weighted by Crippen LogP contribution is -2.49. The van der Waals surface area contributed by atoms with Crippen LogP contribution in [0.5, 0.6) is 11.5 Å². The molecule has 2 fully saturated rings. The number of nitrogens with one attached hydrogen (secondary N) is 1. The van der Waals surface area contributed by atoms with Gasteiger partial charge in [-0.25, -0.2) is 0 Å². The highest BCUT2D eigenvalue weighted by Crippen LogP contribution is 2.36. The highest BCUT2D eigenvalue weighted by atomic mass is 32.2. The maximum atomic E-state index is 13.2. The Kier molecular flexibility index (Phi) is 10.8. The first-order valence-electron chi connectivity index (χ1n) is 14.1. The van der Waals surface area contributed by atoms with E-state index in [2.05, 4.69) is 47.7 Å². The Balaban J connectivity index is 0.00000118. The third kappa shape index (κ3) is 7.74. The van der Waals surface area contributed by atoms with E-state index in [9.17, 15) is 4.79 Å². The molecule has 0 bridgehead atoms. The molecule has 0 saturated carbocycles. The molecule has 0 spiro atoms. The Morgan fingerprint density at radius 1 is 1.02 bits per heavy atom. The Labute approximate surface area is 242 Å². The first-order valence-corrected chi connectivity index (χ1v) is 14.9. The second-order valence-corrected chi connectivity index (χ2v) is 11.3. The van der Waals surface area contributed by atoms with Crippen molar-refractivity contribution in [2.24, 2.45) is 5.73 Å². The van der Waals surface area contributed by atoms with Crippen LogP contribution in [0.15, 0.2) is 64.7 Å². The number of hydrogen-bond acceptors (Lipinski definition) is 9. The van der Waals surface area contributed by atoms with Crippen molar-refractivity contribution < 1.29 is 19.0 Å². The first-order chi connectivity index (χ1) is 19.4. The maximum Gasteiger partial charge on any atom is 0.231 e. The quantitative estimate of drug-likeness (QED) is 0.303. The molecule has 0 radical (unpaired) electrons. The van der Waals surface area contributed by atoms with Gasteiger partial charge in [-0.3, -0.25) is 9.69 Å². The van der Waals surface area contributed by atoms with E-state index in [0.717, 1.165) is 45.1 Å². The molecule has 3 aliphatic heterocycles. The van der Waals surface area contributed by atoms with Gasteiger partial charge in [-0.2, -0.15) is 0 Å². The number of nitrogens with two attached hydrogens (primary N) is 1. The normalized spacial score (nSPS) is 17.9. The Bertz CT molecular complexity index is 1180. The molecular formula is C31H42N4O4S. The topological polar surface area (TPSA) is 89.3 Å². The van der Waals surface area contributed by atoms with Gasteiger partial charge in [-0.15, -0.1) is 0 Å². The predicted octanol–water partition coefficient (Wildman–Crippen LogP) is 5.82. The maximum absolute atomic E-state index is 13.2. The van der Waals surface area contributed by atoms with Crippen molar-refractivity contribution >= 4 is 28.9 Å². The lowest BCUT2D eigenvalue weighted by molar-refractivity contribution is 0.0115. The van der Waals surface area contributed by atoms with Gasteiger partial charge in [0.2, 0.25) is 12.6 Å². The van der Waals surface area contributed by atoms with Gasteiger partial charge in [0.1, 0.15) is 0 Å². The number of ether oxygens (including phenoxy) is 3. The number of Topliss-reactive ketones (excluding diaryl/α,β-unsaturated/α-hetero) is 1. The Morgan fingerprint density at radius 3 is 2.33 bits per heavy atom. The van der Waals surface area contributed by atoms with Crippen LogP contribution >= 0.6 is 11.8 Å². The van der Waals surface area contributed by atoms with Gasteiger partial charge >= 0.3 is 0 Å². The van der Waals surface area contributed by atoms with Crippen LogP contribution in [-0.2, 0) is 4.74 Å². The molecule has 2 aromatic carbocycles. The molecule has 2 saturated heterocycles. The fraction of sp³-hybridized carbons (Fsp3) is 0.452. The number of piperidine rings is 1. The van der Waals surface area contributed by atoms with Gasteiger partial charge in [-0.05, 0) is 62.2 Å². The average Bonchev–Trinajstić information content (AvgIpc) is 3.45. The molecule has 0 amide bonds. The molecule has 5 rings (SSSR count). The van der Waals surface area contributed by atoms with Crippen molar-refractivity contribution in [3.8, 4) is 11.5 Å². The molecule has 3 N–H and O–H groups in total. The number of fused-ring (bicyclic) bond motifs is 1. The highest BCUT2D eigenvalue weighted by Gasteiger charge is 2.26. The number of hydrogen-bond donors (Lipinski definition) is 2. The largest absolute Gasteiger partial charge is 0.454 e. The van der Waals surface area contributed by atoms with Gasteiger partial charge in [-0.1, -0.05) is 38.6 Å². The number of rotatable bonds is 8. The fourth-order valence-corrected chi connectivity index (χ4v) is 5.76. The van der Waals surface area contributed by atoms with Gasteiger partial charge in [0.05, 0.1) is 23.1 Å². The van der Waals surface area contributed by atoms with E-state index in [1.54, 1.807) is 25.1 Å². The summed E-state index contributed by atoms with van der Waals surface area (Å²) in [5, 5.41) is 3.92. The number of nitrogens with zero attached hydrogens (tertiary/aromatic N) is 2. The summed E-state index contributed by atoms with van der Waals surface area (Å²) >= 11 is 1.23. The zero-order valence-corrected chi connectivity index (χ0v) is 24.7. The summed E-state index contributed by atoms with van der Waals surface area (Å²) < 4.78 is 16.2. The van der Waals surface area contributed by atoms with E-state index in [1.165, 1.54) is 36.7 Å². The van der Waals surface area contributed by atoms with Gasteiger partial charge in [0.15, 0.2) is 11.5 Å². The third-order valence-electron chi connectivity index (χ3n) is 6.97. The van der Waals surface area contributed by atoms with Gasteiger partial charge in [0, 0.05) is 54.9 Å². The summed E-state index contributed by atoms with van der Waals surface area (Å²) in [5.74, 6) is 1.02. The van der Waals surface area contributed by atoms with Crippen LogP contribution < -0.4 is 25.4 Å². The molecule has 0 aliphatic carbocycles. The molecule has 216 valence electrons. The van der Waals surface area contributed by atoms with Crippen LogP contribution in [0.1, 0.15) is 50.4 Å². The molecule has 0 atom stereocenters. The van der Waals surface area contributed by atoms with Crippen molar-refractivity contribution in [1.82, 2.24) is 4.90 Å². The fourth-order valence-electron chi connectivity index (χ4n) is 4.97. The zero-order chi connectivity index (χ0) is 28.5. The average molecular weight is 567 g/mol. The monoisotopic (exact) mass is 566 g/mol. The third-order valence-corrected chi connectivity index (χ3v) is 8.03. The molecule has 8 nitrogen and oxygen atoms in total. The lowest BCUT2D eigenvalue weighted by atomic mass is 10.0. The van der Waals surface area contributed by atoms with Crippen LogP contribution in [-0.4, -0.2) is 62.9 Å². The zero-order valence-electron chi connectivity index (χ0n) is 23.9. The van der Waals surface area contributed by atoms with Crippen molar-refractivity contribution in [2.45, 2.75) is 46.1 Å². The van der Waals surface area contributed by atoms with E-state index in [1.807, 2.05) is 12.1 Å². The van der Waals surface area contributed by atoms with Gasteiger partial charge < -0.3 is 30.2 Å². The smallest absolute Gasteiger partial charge is 0.231 e. The molecule has 9 heteroatoms. The van der Waals surface area contributed by atoms with E-state index in [-0.39, 0.29) is 12.6 Å². The molecule has 2 aromatic rings. The number of carbonyl (C=O) groups excluding carboxylic acids is 1. The minimum absolute atomic E-state index is 0.159. The molecular weight excluding hydrogens is 524 g/mol. The van der Waals surface area contributed by atoms with Crippen LogP contribution in [0.2, 0.25) is 0 Å². The van der Waals surface area contributed by atoms with Crippen molar-refractivity contribution in [2.75, 3.05) is 56.4 Å². The Morgan fingerprint density at radius 2 is 1.68 bits per heavy atom. The van der Waals surface area contributed by atoms with Crippen LogP contribution in [0.25, 0.3) is 0 Å². The summed E-state index contributed by atoms with van der Waals surface area (Å²) in [6.07, 6.45) is 3.61. The number of thioether (sulfide) groups is 1. The highest BCUT2D eigenvalue weighted by molar-refractivity contribution is 8.07. The van der Waals surface area contributed by atoms with E-state index in [0.29, 0.717) is 38.7 Å². The van der Waals surface area contributed by atoms with E-state index in [4.69, 9.17) is 19.9 Å². The van der Waals surface area contributed by atoms with Crippen LogP contribution in [0.4, 0.5) is 11.4 Å². The minimum Gasteiger partial charge on any atom is -0.454 e. The number of anilines is 2. The number of morpholine rings is 1. The molecule has 0 aromatic heterocycles. The molecule has 40 heavy (non-hydrogen) atoms. The van der Waals surface area contributed by atoms with Gasteiger partial charge in [0.25, 0.3) is 0 Å². The first kappa shape index (κ1) is 29.8. The minimum atomic E-state index is -0.179. The SMILES string of the molecule is C=C(Nc1ccc(N2CCC(N3CCOCC3)CC2)cc1)S/C(C(=O)c1ccc2c(c1)OCO2)=C(\C)N.CCC. The molecule has 3 heterocycles.